The second-order valence-electron chi connectivity index (χ2n) is 3.50. The van der Waals surface area contributed by atoms with Crippen LogP contribution in [0.1, 0.15) is 38.9 Å². The lowest BCUT2D eigenvalue weighted by Gasteiger charge is -2.03. The average molecular weight is 224 g/mol. The lowest BCUT2D eigenvalue weighted by molar-refractivity contribution is -0.134. The summed E-state index contributed by atoms with van der Waals surface area (Å²) in [6, 6.07) is 0. The highest BCUT2D eigenvalue weighted by Crippen LogP contribution is 2.03. The number of hydrogen-bond donors (Lipinski definition) is 1. The molecular weight excluding hydrogens is 208 g/mol. The summed E-state index contributed by atoms with van der Waals surface area (Å²) in [6.45, 7) is 3.86. The molecule has 0 aliphatic carbocycles. The molecule has 0 aliphatic heterocycles. The number of ether oxygens (including phenoxy) is 1. The Morgan fingerprint density at radius 2 is 2.19 bits per heavy atom. The van der Waals surface area contributed by atoms with E-state index < -0.39 is 11.5 Å². The summed E-state index contributed by atoms with van der Waals surface area (Å²) in [6.07, 6.45) is 3.90. The van der Waals surface area contributed by atoms with Crippen molar-refractivity contribution in [1.29, 1.82) is 0 Å². The summed E-state index contributed by atoms with van der Waals surface area (Å²) in [5.41, 5.74) is -0.400. The molecule has 0 bridgehead atoms. The van der Waals surface area contributed by atoms with Crippen LogP contribution in [0, 0.1) is 0 Å². The molecule has 0 aliphatic rings. The molecule has 0 aromatic carbocycles. The molecule has 0 radical (unpaired) electrons. The van der Waals surface area contributed by atoms with Crippen molar-refractivity contribution in [2.45, 2.75) is 39.5 Å². The van der Waals surface area contributed by atoms with E-state index in [-0.39, 0.29) is 5.75 Å². The highest BCUT2D eigenvalue weighted by atomic mass is 16.5. The molecule has 0 atom stereocenters. The van der Waals surface area contributed by atoms with Crippen molar-refractivity contribution in [3.8, 4) is 5.75 Å². The molecule has 1 aromatic rings. The Kier molecular flexibility index (Phi) is 4.69. The molecule has 0 fully saturated rings. The summed E-state index contributed by atoms with van der Waals surface area (Å²) in [7, 11) is 0. The molecule has 0 saturated heterocycles. The van der Waals surface area contributed by atoms with Crippen molar-refractivity contribution in [2.75, 3.05) is 0 Å². The minimum Gasteiger partial charge on any atom is -0.419 e. The van der Waals surface area contributed by atoms with Crippen LogP contribution in [0.4, 0.5) is 0 Å². The second kappa shape index (κ2) is 6.05. The van der Waals surface area contributed by atoms with Crippen LogP contribution in [0.5, 0.6) is 5.75 Å². The number of carbonyl (C=O) groups excluding carboxylic acids is 1. The van der Waals surface area contributed by atoms with Gasteiger partial charge in [-0.15, -0.1) is 0 Å². The van der Waals surface area contributed by atoms with Crippen molar-refractivity contribution in [3.05, 3.63) is 22.4 Å². The maximum Gasteiger partial charge on any atom is 0.311 e. The molecule has 0 spiro atoms. The van der Waals surface area contributed by atoms with Gasteiger partial charge in [-0.1, -0.05) is 13.8 Å². The highest BCUT2D eigenvalue weighted by Gasteiger charge is 2.08. The van der Waals surface area contributed by atoms with E-state index in [1.165, 1.54) is 6.20 Å². The van der Waals surface area contributed by atoms with E-state index in [0.717, 1.165) is 6.42 Å². The van der Waals surface area contributed by atoms with Gasteiger partial charge in [-0.05, 0) is 12.8 Å². The number of H-pyrrole nitrogens is 1. The minimum absolute atomic E-state index is 0.0293. The Bertz CT molecular complexity index is 412. The van der Waals surface area contributed by atoms with Gasteiger partial charge >= 0.3 is 5.97 Å². The Balaban J connectivity index is 2.75. The Morgan fingerprint density at radius 3 is 2.75 bits per heavy atom. The number of esters is 1. The predicted molar refractivity (Wildman–Crippen MR) is 59.4 cm³/mol. The number of carbonyl (C=O) groups is 1. The lowest BCUT2D eigenvalue weighted by atomic mass is 10.3. The first-order valence-electron chi connectivity index (χ1n) is 5.46. The smallest absolute Gasteiger partial charge is 0.311 e. The van der Waals surface area contributed by atoms with Gasteiger partial charge in [-0.3, -0.25) is 9.59 Å². The number of nitrogens with zero attached hydrogens (tertiary/aromatic N) is 1. The van der Waals surface area contributed by atoms with E-state index >= 15 is 0 Å². The van der Waals surface area contributed by atoms with E-state index in [1.807, 2.05) is 13.8 Å². The number of nitrogens with one attached hydrogen (secondary N) is 1. The van der Waals surface area contributed by atoms with Crippen molar-refractivity contribution < 1.29 is 9.53 Å². The lowest BCUT2D eigenvalue weighted by Crippen LogP contribution is -2.18. The summed E-state index contributed by atoms with van der Waals surface area (Å²) >= 11 is 0. The quantitative estimate of drug-likeness (QED) is 0.768. The third-order valence-electron chi connectivity index (χ3n) is 1.98. The molecule has 5 nitrogen and oxygen atoms in total. The van der Waals surface area contributed by atoms with Crippen LogP contribution in [0.25, 0.3) is 0 Å². The fraction of sp³-hybridized carbons (Fsp3) is 0.545. The largest absolute Gasteiger partial charge is 0.419 e. The van der Waals surface area contributed by atoms with E-state index in [9.17, 15) is 9.59 Å². The molecule has 1 aromatic heterocycles. The maximum atomic E-state index is 11.5. The standard InChI is InChI=1S/C11H16N2O3/c1-3-5-9-12-7-8(11(15)13-9)16-10(14)6-4-2/h7H,3-6H2,1-2H3,(H,12,13,15). The fourth-order valence-corrected chi connectivity index (χ4v) is 1.23. The van der Waals surface area contributed by atoms with Gasteiger partial charge in [0.1, 0.15) is 5.82 Å². The van der Waals surface area contributed by atoms with Crippen LogP contribution in [0.3, 0.4) is 0 Å². The zero-order valence-corrected chi connectivity index (χ0v) is 9.58. The van der Waals surface area contributed by atoms with E-state index in [4.69, 9.17) is 4.74 Å². The molecule has 1 N–H and O–H groups in total. The zero-order valence-electron chi connectivity index (χ0n) is 9.58. The van der Waals surface area contributed by atoms with Crippen LogP contribution < -0.4 is 10.3 Å². The Morgan fingerprint density at radius 1 is 1.44 bits per heavy atom. The second-order valence-corrected chi connectivity index (χ2v) is 3.50. The van der Waals surface area contributed by atoms with Gasteiger partial charge in [-0.2, -0.15) is 0 Å². The van der Waals surface area contributed by atoms with Gasteiger partial charge in [0.05, 0.1) is 6.20 Å². The Labute approximate surface area is 93.9 Å². The van der Waals surface area contributed by atoms with E-state index in [2.05, 4.69) is 9.97 Å². The first kappa shape index (κ1) is 12.4. The monoisotopic (exact) mass is 224 g/mol. The number of aromatic amines is 1. The summed E-state index contributed by atoms with van der Waals surface area (Å²) in [5.74, 6) is 0.180. The molecule has 16 heavy (non-hydrogen) atoms. The minimum atomic E-state index is -0.405. The topological polar surface area (TPSA) is 72.0 Å². The van der Waals surface area contributed by atoms with Crippen molar-refractivity contribution in [2.24, 2.45) is 0 Å². The molecule has 88 valence electrons. The summed E-state index contributed by atoms with van der Waals surface area (Å²) < 4.78 is 4.87. The van der Waals surface area contributed by atoms with Crippen LogP contribution in [-0.2, 0) is 11.2 Å². The van der Waals surface area contributed by atoms with Crippen molar-refractivity contribution in [1.82, 2.24) is 9.97 Å². The summed E-state index contributed by atoms with van der Waals surface area (Å²) in [4.78, 5) is 29.2. The van der Waals surface area contributed by atoms with Crippen molar-refractivity contribution >= 4 is 5.97 Å². The SMILES string of the molecule is CCCC(=O)Oc1cnc(CCC)[nH]c1=O. The zero-order chi connectivity index (χ0) is 12.0. The van der Waals surface area contributed by atoms with Gasteiger partial charge in [0.2, 0.25) is 5.75 Å². The van der Waals surface area contributed by atoms with Gasteiger partial charge in [0.15, 0.2) is 0 Å². The Hall–Kier alpha value is -1.65. The number of rotatable bonds is 5. The number of aryl methyl sites for hydroxylation is 1. The average Bonchev–Trinajstić information content (AvgIpc) is 2.23. The maximum absolute atomic E-state index is 11.5. The number of aromatic nitrogens is 2. The van der Waals surface area contributed by atoms with Gasteiger partial charge in [0.25, 0.3) is 5.56 Å². The van der Waals surface area contributed by atoms with E-state index in [0.29, 0.717) is 25.1 Å². The van der Waals surface area contributed by atoms with Crippen molar-refractivity contribution in [3.63, 3.8) is 0 Å². The van der Waals surface area contributed by atoms with Gasteiger partial charge in [-0.25, -0.2) is 4.98 Å². The molecule has 1 rings (SSSR count). The van der Waals surface area contributed by atoms with Crippen LogP contribution in [0.2, 0.25) is 0 Å². The third-order valence-corrected chi connectivity index (χ3v) is 1.98. The first-order valence-corrected chi connectivity index (χ1v) is 5.46. The molecule has 1 heterocycles. The summed E-state index contributed by atoms with van der Waals surface area (Å²) in [5, 5.41) is 0. The van der Waals surface area contributed by atoms with Crippen LogP contribution >= 0.6 is 0 Å². The molecule has 5 heteroatoms. The number of hydrogen-bond acceptors (Lipinski definition) is 4. The van der Waals surface area contributed by atoms with Crippen LogP contribution in [0.15, 0.2) is 11.0 Å². The van der Waals surface area contributed by atoms with Gasteiger partial charge in [0, 0.05) is 12.8 Å². The van der Waals surface area contributed by atoms with E-state index in [1.54, 1.807) is 0 Å². The normalized spacial score (nSPS) is 10.1. The first-order chi connectivity index (χ1) is 7.67. The fourth-order valence-electron chi connectivity index (χ4n) is 1.23. The predicted octanol–water partition coefficient (Wildman–Crippen LogP) is 1.43. The van der Waals surface area contributed by atoms with Gasteiger partial charge < -0.3 is 9.72 Å². The third kappa shape index (κ3) is 3.49. The molecule has 0 amide bonds. The highest BCUT2D eigenvalue weighted by molar-refractivity contribution is 5.71. The molecular formula is C11H16N2O3. The molecule has 0 unspecified atom stereocenters. The molecule has 0 saturated carbocycles. The van der Waals surface area contributed by atoms with Crippen LogP contribution in [-0.4, -0.2) is 15.9 Å².